The quantitative estimate of drug-likeness (QED) is 0.0262. The van der Waals surface area contributed by atoms with E-state index in [1.165, 1.54) is 199 Å². The van der Waals surface area contributed by atoms with Gasteiger partial charge in [0.2, 0.25) is 0 Å². The van der Waals surface area contributed by atoms with E-state index < -0.39 is 6.10 Å². The van der Waals surface area contributed by atoms with E-state index in [0.29, 0.717) is 19.3 Å². The predicted octanol–water partition coefficient (Wildman–Crippen LogP) is 20.0. The van der Waals surface area contributed by atoms with Gasteiger partial charge in [-0.15, -0.1) is 0 Å². The number of esters is 3. The Hall–Kier alpha value is -2.37. The lowest BCUT2D eigenvalue weighted by atomic mass is 10.0. The van der Waals surface area contributed by atoms with Crippen molar-refractivity contribution in [3.05, 3.63) is 36.5 Å². The third-order valence-electron chi connectivity index (χ3n) is 13.4. The number of allylic oxidation sites excluding steroid dienone is 6. The summed E-state index contributed by atoms with van der Waals surface area (Å²) in [6.07, 6.45) is 68.7. The molecule has 0 spiro atoms. The molecule has 0 fully saturated rings. The van der Waals surface area contributed by atoms with E-state index in [9.17, 15) is 14.4 Å². The Morgan fingerprint density at radius 2 is 0.529 bits per heavy atom. The molecule has 398 valence electrons. The molecular weight excluding hydrogens is 841 g/mol. The summed E-state index contributed by atoms with van der Waals surface area (Å²) >= 11 is 0. The third kappa shape index (κ3) is 54.6. The maximum atomic E-state index is 12.8. The molecule has 1 atom stereocenters. The Balaban J connectivity index is 4.19. The van der Waals surface area contributed by atoms with Gasteiger partial charge < -0.3 is 14.2 Å². The highest BCUT2D eigenvalue weighted by Gasteiger charge is 2.19. The summed E-state index contributed by atoms with van der Waals surface area (Å²) < 4.78 is 16.8. The lowest BCUT2D eigenvalue weighted by Gasteiger charge is -2.18. The molecule has 0 bridgehead atoms. The molecule has 0 aromatic carbocycles. The fourth-order valence-corrected chi connectivity index (χ4v) is 8.82. The van der Waals surface area contributed by atoms with Gasteiger partial charge in [0.05, 0.1) is 0 Å². The number of rotatable bonds is 55. The highest BCUT2D eigenvalue weighted by molar-refractivity contribution is 5.71. The molecule has 0 aromatic heterocycles. The molecule has 0 heterocycles. The monoisotopic (exact) mass is 955 g/mol. The Labute approximate surface area is 423 Å². The van der Waals surface area contributed by atoms with Gasteiger partial charge in [0.25, 0.3) is 0 Å². The third-order valence-corrected chi connectivity index (χ3v) is 13.4. The van der Waals surface area contributed by atoms with Crippen LogP contribution in [-0.2, 0) is 28.6 Å². The molecule has 0 rings (SSSR count). The summed E-state index contributed by atoms with van der Waals surface area (Å²) in [7, 11) is 0. The van der Waals surface area contributed by atoms with Crippen LogP contribution in [0.2, 0.25) is 0 Å². The normalized spacial score (nSPS) is 12.2. The fourth-order valence-electron chi connectivity index (χ4n) is 8.82. The van der Waals surface area contributed by atoms with Crippen LogP contribution in [0.4, 0.5) is 0 Å². The zero-order chi connectivity index (χ0) is 49.3. The van der Waals surface area contributed by atoms with Crippen LogP contribution >= 0.6 is 0 Å². The van der Waals surface area contributed by atoms with E-state index in [4.69, 9.17) is 14.2 Å². The van der Waals surface area contributed by atoms with Crippen LogP contribution < -0.4 is 0 Å². The van der Waals surface area contributed by atoms with Gasteiger partial charge >= 0.3 is 17.9 Å². The van der Waals surface area contributed by atoms with Crippen molar-refractivity contribution in [2.75, 3.05) is 13.2 Å². The van der Waals surface area contributed by atoms with E-state index >= 15 is 0 Å². The van der Waals surface area contributed by atoms with Crippen LogP contribution in [0.25, 0.3) is 0 Å². The van der Waals surface area contributed by atoms with Gasteiger partial charge in [-0.25, -0.2) is 0 Å². The molecule has 0 aliphatic carbocycles. The molecule has 0 radical (unpaired) electrons. The van der Waals surface area contributed by atoms with Gasteiger partial charge in [-0.2, -0.15) is 0 Å². The van der Waals surface area contributed by atoms with Crippen LogP contribution in [0, 0.1) is 0 Å². The molecule has 6 heteroatoms. The van der Waals surface area contributed by atoms with Crippen molar-refractivity contribution in [1.82, 2.24) is 0 Å². The van der Waals surface area contributed by atoms with Crippen molar-refractivity contribution in [1.29, 1.82) is 0 Å². The van der Waals surface area contributed by atoms with Gasteiger partial charge in [-0.05, 0) is 77.0 Å². The molecule has 68 heavy (non-hydrogen) atoms. The standard InChI is InChI=1S/C62H114O6/c1-4-7-10-13-16-19-22-24-26-27-28-29-30-31-32-33-34-35-37-38-40-43-46-49-52-55-61(64)67-58-59(57-66-60(63)54-51-48-45-42-21-18-15-12-9-6-3)68-62(65)56-53-50-47-44-41-39-36-25-23-20-17-14-11-8-5-2/h17,20,25,27-28,36,59H,4-16,18-19,21-24,26,29-35,37-58H2,1-3H3/b20-17-,28-27-,36-25-. The topological polar surface area (TPSA) is 78.9 Å². The van der Waals surface area contributed by atoms with E-state index in [-0.39, 0.29) is 31.1 Å². The molecule has 0 aromatic rings. The van der Waals surface area contributed by atoms with Crippen molar-refractivity contribution in [3.63, 3.8) is 0 Å². The Kier molecular flexibility index (Phi) is 55.2. The number of hydrogen-bond donors (Lipinski definition) is 0. The maximum Gasteiger partial charge on any atom is 0.306 e. The Morgan fingerprint density at radius 3 is 0.853 bits per heavy atom. The number of carbonyl (C=O) groups excluding carboxylic acids is 3. The maximum absolute atomic E-state index is 12.8. The zero-order valence-corrected chi connectivity index (χ0v) is 45.6. The Morgan fingerprint density at radius 1 is 0.294 bits per heavy atom. The SMILES string of the molecule is CCCCC/C=C\C/C=C\CCCCCCCC(=O)OC(COC(=O)CCCCCCCCCCCC)COC(=O)CCCCCCCCCCCCCCC/C=C\CCCCCCCCCC. The summed E-state index contributed by atoms with van der Waals surface area (Å²) in [6.45, 7) is 6.63. The first-order valence-electron chi connectivity index (χ1n) is 30.0. The second-order valence-electron chi connectivity index (χ2n) is 20.3. The van der Waals surface area contributed by atoms with Crippen molar-refractivity contribution in [2.24, 2.45) is 0 Å². The first-order valence-corrected chi connectivity index (χ1v) is 30.0. The van der Waals surface area contributed by atoms with Crippen LogP contribution in [-0.4, -0.2) is 37.2 Å². The molecule has 0 saturated carbocycles. The summed E-state index contributed by atoms with van der Waals surface area (Å²) in [5.74, 6) is -0.873. The van der Waals surface area contributed by atoms with Gasteiger partial charge in [0.1, 0.15) is 13.2 Å². The van der Waals surface area contributed by atoms with E-state index in [1.54, 1.807) is 0 Å². The highest BCUT2D eigenvalue weighted by atomic mass is 16.6. The van der Waals surface area contributed by atoms with Gasteiger partial charge in [-0.1, -0.05) is 263 Å². The lowest BCUT2D eigenvalue weighted by molar-refractivity contribution is -0.167. The number of carbonyl (C=O) groups is 3. The van der Waals surface area contributed by atoms with E-state index in [0.717, 1.165) is 83.5 Å². The Bertz CT molecular complexity index is 1140. The summed E-state index contributed by atoms with van der Waals surface area (Å²) in [6, 6.07) is 0. The van der Waals surface area contributed by atoms with Gasteiger partial charge in [-0.3, -0.25) is 14.4 Å². The molecule has 1 unspecified atom stereocenters. The van der Waals surface area contributed by atoms with Crippen LogP contribution in [0.5, 0.6) is 0 Å². The minimum absolute atomic E-state index is 0.0743. The summed E-state index contributed by atoms with van der Waals surface area (Å²) in [5.41, 5.74) is 0. The molecule has 0 aliphatic heterocycles. The first-order chi connectivity index (χ1) is 33.5. The van der Waals surface area contributed by atoms with Crippen LogP contribution in [0.15, 0.2) is 36.5 Å². The van der Waals surface area contributed by atoms with E-state index in [1.807, 2.05) is 0 Å². The second kappa shape index (κ2) is 57.2. The molecule has 0 aliphatic rings. The van der Waals surface area contributed by atoms with Gasteiger partial charge in [0, 0.05) is 19.3 Å². The van der Waals surface area contributed by atoms with Crippen molar-refractivity contribution in [2.45, 2.75) is 329 Å². The highest BCUT2D eigenvalue weighted by Crippen LogP contribution is 2.16. The molecule has 0 N–H and O–H groups in total. The number of ether oxygens (including phenoxy) is 3. The van der Waals surface area contributed by atoms with Crippen molar-refractivity contribution in [3.8, 4) is 0 Å². The molecule has 0 amide bonds. The van der Waals surface area contributed by atoms with Crippen molar-refractivity contribution < 1.29 is 28.6 Å². The average molecular weight is 956 g/mol. The summed E-state index contributed by atoms with van der Waals surface area (Å²) in [5, 5.41) is 0. The zero-order valence-electron chi connectivity index (χ0n) is 45.6. The molecule has 6 nitrogen and oxygen atoms in total. The molecular formula is C62H114O6. The average Bonchev–Trinajstić information content (AvgIpc) is 3.34. The van der Waals surface area contributed by atoms with Crippen LogP contribution in [0.3, 0.4) is 0 Å². The van der Waals surface area contributed by atoms with Gasteiger partial charge in [0.15, 0.2) is 6.10 Å². The predicted molar refractivity (Wildman–Crippen MR) is 293 cm³/mol. The minimum atomic E-state index is -0.775. The molecule has 0 saturated heterocycles. The number of unbranched alkanes of at least 4 members (excludes halogenated alkanes) is 38. The first kappa shape index (κ1) is 65.6. The number of hydrogen-bond acceptors (Lipinski definition) is 6. The smallest absolute Gasteiger partial charge is 0.306 e. The minimum Gasteiger partial charge on any atom is -0.462 e. The second-order valence-corrected chi connectivity index (χ2v) is 20.3. The lowest BCUT2D eigenvalue weighted by Crippen LogP contribution is -2.30. The van der Waals surface area contributed by atoms with E-state index in [2.05, 4.69) is 57.2 Å². The fraction of sp³-hybridized carbons (Fsp3) is 0.855. The largest absolute Gasteiger partial charge is 0.462 e. The van der Waals surface area contributed by atoms with Crippen LogP contribution in [0.1, 0.15) is 323 Å². The summed E-state index contributed by atoms with van der Waals surface area (Å²) in [4.78, 5) is 38.1. The van der Waals surface area contributed by atoms with Crippen molar-refractivity contribution >= 4 is 17.9 Å².